The Labute approximate surface area is 105 Å². The van der Waals surface area contributed by atoms with Crippen molar-refractivity contribution in [2.75, 3.05) is 42.5 Å². The highest BCUT2D eigenvalue weighted by atomic mass is 32.2. The largest absolute Gasteiger partial charge is 0.464 e. The number of thioether (sulfide) groups is 1. The molecule has 17 heavy (non-hydrogen) atoms. The monoisotopic (exact) mass is 258 g/mol. The first-order valence-electron chi connectivity index (χ1n) is 5.26. The van der Waals surface area contributed by atoms with Crippen LogP contribution >= 0.6 is 11.8 Å². The zero-order valence-corrected chi connectivity index (χ0v) is 11.1. The van der Waals surface area contributed by atoms with Crippen LogP contribution in [0.15, 0.2) is 0 Å². The molecule has 1 aromatic rings. The fourth-order valence-corrected chi connectivity index (χ4v) is 1.56. The van der Waals surface area contributed by atoms with Crippen molar-refractivity contribution in [2.45, 2.75) is 6.92 Å². The van der Waals surface area contributed by atoms with Crippen LogP contribution in [0.4, 0.5) is 11.9 Å². The van der Waals surface area contributed by atoms with Crippen LogP contribution < -0.4 is 20.9 Å². The third-order valence-corrected chi connectivity index (χ3v) is 2.57. The van der Waals surface area contributed by atoms with Gasteiger partial charge in [-0.3, -0.25) is 5.43 Å². The van der Waals surface area contributed by atoms with Crippen molar-refractivity contribution in [3.8, 4) is 6.01 Å². The summed E-state index contributed by atoms with van der Waals surface area (Å²) in [7, 11) is 1.92. The predicted molar refractivity (Wildman–Crippen MR) is 70.5 cm³/mol. The summed E-state index contributed by atoms with van der Waals surface area (Å²) in [5, 5.41) is 0. The van der Waals surface area contributed by atoms with E-state index in [0.717, 1.165) is 12.3 Å². The lowest BCUT2D eigenvalue weighted by Crippen LogP contribution is -2.24. The first-order chi connectivity index (χ1) is 8.21. The molecule has 0 fully saturated rings. The second-order valence-electron chi connectivity index (χ2n) is 3.23. The van der Waals surface area contributed by atoms with E-state index in [-0.39, 0.29) is 6.01 Å². The summed E-state index contributed by atoms with van der Waals surface area (Å²) in [6.07, 6.45) is 2.06. The Morgan fingerprint density at radius 2 is 2.18 bits per heavy atom. The second-order valence-corrected chi connectivity index (χ2v) is 4.22. The number of anilines is 2. The molecule has 0 aliphatic heterocycles. The molecule has 0 unspecified atom stereocenters. The Bertz CT molecular complexity index is 350. The lowest BCUT2D eigenvalue weighted by atomic mass is 10.6. The molecule has 0 aliphatic carbocycles. The van der Waals surface area contributed by atoms with Gasteiger partial charge in [0.1, 0.15) is 0 Å². The van der Waals surface area contributed by atoms with Crippen LogP contribution in [0.5, 0.6) is 6.01 Å². The van der Waals surface area contributed by atoms with Crippen LogP contribution in [0, 0.1) is 0 Å². The third-order valence-electron chi connectivity index (χ3n) is 1.98. The Balaban J connectivity index is 2.85. The van der Waals surface area contributed by atoms with Gasteiger partial charge in [-0.15, -0.1) is 0 Å². The smallest absolute Gasteiger partial charge is 0.323 e. The number of aromatic nitrogens is 3. The summed E-state index contributed by atoms with van der Waals surface area (Å²) in [6, 6.07) is 0.279. The van der Waals surface area contributed by atoms with Crippen molar-refractivity contribution < 1.29 is 4.74 Å². The number of nitrogens with zero attached hydrogens (tertiary/aromatic N) is 4. The van der Waals surface area contributed by atoms with Crippen LogP contribution in [0.3, 0.4) is 0 Å². The molecule has 96 valence electrons. The molecule has 0 bridgehead atoms. The highest BCUT2D eigenvalue weighted by molar-refractivity contribution is 7.98. The van der Waals surface area contributed by atoms with E-state index in [2.05, 4.69) is 26.6 Å². The van der Waals surface area contributed by atoms with E-state index in [1.54, 1.807) is 11.8 Å². The molecule has 1 rings (SSSR count). The van der Waals surface area contributed by atoms with E-state index in [1.165, 1.54) is 0 Å². The SMILES string of the molecule is CCOc1nc(NN)nc(N(C)CCSC)n1. The van der Waals surface area contributed by atoms with Gasteiger partial charge in [-0.1, -0.05) is 0 Å². The summed E-state index contributed by atoms with van der Waals surface area (Å²) in [5.74, 6) is 7.15. The number of nitrogen functional groups attached to an aromatic ring is 1. The van der Waals surface area contributed by atoms with E-state index >= 15 is 0 Å². The van der Waals surface area contributed by atoms with E-state index in [0.29, 0.717) is 18.5 Å². The number of ether oxygens (including phenoxy) is 1. The number of nitrogens with one attached hydrogen (secondary N) is 1. The Kier molecular flexibility index (Phi) is 5.78. The fraction of sp³-hybridized carbons (Fsp3) is 0.667. The average Bonchev–Trinajstić information content (AvgIpc) is 2.35. The summed E-state index contributed by atoms with van der Waals surface area (Å²) >= 11 is 1.76. The van der Waals surface area contributed by atoms with E-state index in [1.807, 2.05) is 18.9 Å². The van der Waals surface area contributed by atoms with Crippen LogP contribution in [0.25, 0.3) is 0 Å². The number of nitrogens with two attached hydrogens (primary N) is 1. The topological polar surface area (TPSA) is 89.2 Å². The lowest BCUT2D eigenvalue weighted by Gasteiger charge is -2.17. The number of hydrazine groups is 1. The van der Waals surface area contributed by atoms with Gasteiger partial charge in [0.2, 0.25) is 11.9 Å². The highest BCUT2D eigenvalue weighted by Gasteiger charge is 2.10. The van der Waals surface area contributed by atoms with Crippen molar-refractivity contribution in [3.05, 3.63) is 0 Å². The van der Waals surface area contributed by atoms with Gasteiger partial charge in [0.15, 0.2) is 0 Å². The molecule has 0 amide bonds. The maximum atomic E-state index is 5.30. The summed E-state index contributed by atoms with van der Waals surface area (Å²) in [4.78, 5) is 14.3. The number of rotatable bonds is 7. The van der Waals surface area contributed by atoms with Gasteiger partial charge in [-0.2, -0.15) is 26.7 Å². The third kappa shape index (κ3) is 4.23. The molecule has 3 N–H and O–H groups in total. The maximum absolute atomic E-state index is 5.30. The number of hydrogen-bond donors (Lipinski definition) is 2. The Morgan fingerprint density at radius 3 is 2.76 bits per heavy atom. The fourth-order valence-electron chi connectivity index (χ4n) is 1.10. The molecular weight excluding hydrogens is 240 g/mol. The van der Waals surface area contributed by atoms with Gasteiger partial charge in [-0.05, 0) is 13.2 Å². The molecule has 0 saturated carbocycles. The van der Waals surface area contributed by atoms with Gasteiger partial charge in [0, 0.05) is 19.3 Å². The van der Waals surface area contributed by atoms with E-state index in [4.69, 9.17) is 10.6 Å². The molecule has 0 spiro atoms. The van der Waals surface area contributed by atoms with Crippen LogP contribution in [0.2, 0.25) is 0 Å². The van der Waals surface area contributed by atoms with Crippen LogP contribution in [-0.4, -0.2) is 47.2 Å². The molecule has 0 aliphatic rings. The maximum Gasteiger partial charge on any atom is 0.323 e. The zero-order chi connectivity index (χ0) is 12.7. The van der Waals surface area contributed by atoms with E-state index < -0.39 is 0 Å². The molecule has 0 saturated heterocycles. The average molecular weight is 258 g/mol. The predicted octanol–water partition coefficient (Wildman–Crippen LogP) is 0.355. The van der Waals surface area contributed by atoms with Crippen molar-refractivity contribution >= 4 is 23.7 Å². The second kappa shape index (κ2) is 7.13. The lowest BCUT2D eigenvalue weighted by molar-refractivity contribution is 0.312. The normalized spacial score (nSPS) is 10.1. The van der Waals surface area contributed by atoms with Crippen molar-refractivity contribution in [1.29, 1.82) is 0 Å². The quantitative estimate of drug-likeness (QED) is 0.535. The molecular formula is C9H18N6OS. The highest BCUT2D eigenvalue weighted by Crippen LogP contribution is 2.13. The van der Waals surface area contributed by atoms with E-state index in [9.17, 15) is 0 Å². The van der Waals surface area contributed by atoms with Crippen molar-refractivity contribution in [2.24, 2.45) is 5.84 Å². The van der Waals surface area contributed by atoms with Gasteiger partial charge in [0.25, 0.3) is 0 Å². The Morgan fingerprint density at radius 1 is 1.41 bits per heavy atom. The van der Waals surface area contributed by atoms with Crippen molar-refractivity contribution in [3.63, 3.8) is 0 Å². The first-order valence-corrected chi connectivity index (χ1v) is 6.66. The van der Waals surface area contributed by atoms with Gasteiger partial charge >= 0.3 is 6.01 Å². The molecule has 0 radical (unpaired) electrons. The molecule has 7 nitrogen and oxygen atoms in total. The zero-order valence-electron chi connectivity index (χ0n) is 10.3. The number of hydrogen-bond acceptors (Lipinski definition) is 8. The molecule has 1 heterocycles. The minimum atomic E-state index is 0.279. The summed E-state index contributed by atoms with van der Waals surface area (Å²) in [5.41, 5.74) is 2.40. The van der Waals surface area contributed by atoms with Gasteiger partial charge < -0.3 is 9.64 Å². The minimum Gasteiger partial charge on any atom is -0.464 e. The molecule has 1 aromatic heterocycles. The van der Waals surface area contributed by atoms with Gasteiger partial charge in [-0.25, -0.2) is 5.84 Å². The van der Waals surface area contributed by atoms with Crippen LogP contribution in [-0.2, 0) is 0 Å². The molecule has 0 atom stereocenters. The standard InChI is InChI=1S/C9H18N6OS/c1-4-16-9-12-7(14-10)11-8(13-9)15(2)5-6-17-3/h4-6,10H2,1-3H3,(H,11,12,13,14). The molecule has 0 aromatic carbocycles. The summed E-state index contributed by atoms with van der Waals surface area (Å²) < 4.78 is 5.25. The Hall–Kier alpha value is -1.28. The van der Waals surface area contributed by atoms with Crippen LogP contribution in [0.1, 0.15) is 6.92 Å². The van der Waals surface area contributed by atoms with Crippen molar-refractivity contribution in [1.82, 2.24) is 15.0 Å². The minimum absolute atomic E-state index is 0.279. The van der Waals surface area contributed by atoms with Gasteiger partial charge in [0.05, 0.1) is 6.61 Å². The summed E-state index contributed by atoms with van der Waals surface area (Å²) in [6.45, 7) is 3.22. The first kappa shape index (κ1) is 13.8. The molecule has 8 heteroatoms.